The standard InChI is InChI=1S/C22H29N5O3/c28-21(27(18-9-3-1-4-10-18)19-11-5-2-6-12-19)15-30-22(29)17-8-7-13-20(14-17)26-16-23-24-25-26/h7-8,13-14,16,18-19H,1-6,9-12,15H2. The number of amides is 1. The van der Waals surface area contributed by atoms with Crippen LogP contribution in [0, 0.1) is 0 Å². The molecule has 2 saturated carbocycles. The number of rotatable bonds is 6. The summed E-state index contributed by atoms with van der Waals surface area (Å²) in [4.78, 5) is 27.8. The van der Waals surface area contributed by atoms with Gasteiger partial charge in [0.2, 0.25) is 0 Å². The Balaban J connectivity index is 1.41. The highest BCUT2D eigenvalue weighted by Gasteiger charge is 2.32. The number of tetrazole rings is 1. The van der Waals surface area contributed by atoms with E-state index in [0.717, 1.165) is 25.7 Å². The fraction of sp³-hybridized carbons (Fsp3) is 0.591. The molecule has 0 unspecified atom stereocenters. The van der Waals surface area contributed by atoms with Crippen LogP contribution in [0.2, 0.25) is 0 Å². The van der Waals surface area contributed by atoms with Gasteiger partial charge < -0.3 is 9.64 Å². The van der Waals surface area contributed by atoms with Gasteiger partial charge in [0.05, 0.1) is 11.3 Å². The average molecular weight is 412 g/mol. The second kappa shape index (κ2) is 9.82. The highest BCUT2D eigenvalue weighted by Crippen LogP contribution is 2.30. The minimum Gasteiger partial charge on any atom is -0.452 e. The summed E-state index contributed by atoms with van der Waals surface area (Å²) in [6.07, 6.45) is 12.9. The van der Waals surface area contributed by atoms with Crippen molar-refractivity contribution in [2.45, 2.75) is 76.3 Å². The molecule has 1 heterocycles. The van der Waals surface area contributed by atoms with Crippen molar-refractivity contribution < 1.29 is 14.3 Å². The van der Waals surface area contributed by atoms with Crippen molar-refractivity contribution in [1.82, 2.24) is 25.1 Å². The molecule has 0 radical (unpaired) electrons. The van der Waals surface area contributed by atoms with Crippen LogP contribution in [-0.4, -0.2) is 55.7 Å². The van der Waals surface area contributed by atoms with Crippen molar-refractivity contribution >= 4 is 11.9 Å². The van der Waals surface area contributed by atoms with Gasteiger partial charge in [0.1, 0.15) is 6.33 Å². The zero-order chi connectivity index (χ0) is 20.8. The van der Waals surface area contributed by atoms with Crippen LogP contribution in [0.25, 0.3) is 5.69 Å². The summed E-state index contributed by atoms with van der Waals surface area (Å²) in [7, 11) is 0. The van der Waals surface area contributed by atoms with Gasteiger partial charge in [-0.3, -0.25) is 4.79 Å². The molecular formula is C22H29N5O3. The molecule has 0 saturated heterocycles. The predicted octanol–water partition coefficient (Wildman–Crippen LogP) is 3.31. The first-order valence-electron chi connectivity index (χ1n) is 11.0. The van der Waals surface area contributed by atoms with E-state index in [1.807, 2.05) is 0 Å². The maximum absolute atomic E-state index is 13.1. The van der Waals surface area contributed by atoms with E-state index in [2.05, 4.69) is 20.4 Å². The molecule has 0 aliphatic heterocycles. The number of hydrogen-bond donors (Lipinski definition) is 0. The molecular weight excluding hydrogens is 382 g/mol. The molecule has 0 spiro atoms. The first kappa shape index (κ1) is 20.5. The lowest BCUT2D eigenvalue weighted by Crippen LogP contribution is -2.50. The third-order valence-electron chi connectivity index (χ3n) is 6.25. The first-order chi connectivity index (χ1) is 14.7. The van der Waals surface area contributed by atoms with Gasteiger partial charge >= 0.3 is 5.97 Å². The van der Waals surface area contributed by atoms with Crippen molar-refractivity contribution in [3.8, 4) is 5.69 Å². The largest absolute Gasteiger partial charge is 0.452 e. The average Bonchev–Trinajstić information content (AvgIpc) is 3.34. The van der Waals surface area contributed by atoms with Crippen molar-refractivity contribution in [2.24, 2.45) is 0 Å². The molecule has 30 heavy (non-hydrogen) atoms. The van der Waals surface area contributed by atoms with Crippen molar-refractivity contribution in [1.29, 1.82) is 0 Å². The van der Waals surface area contributed by atoms with Crippen molar-refractivity contribution in [3.05, 3.63) is 36.2 Å². The monoisotopic (exact) mass is 411 g/mol. The maximum atomic E-state index is 13.1. The summed E-state index contributed by atoms with van der Waals surface area (Å²) in [6, 6.07) is 7.44. The third kappa shape index (κ3) is 4.86. The second-order valence-corrected chi connectivity index (χ2v) is 8.27. The Labute approximate surface area is 176 Å². The molecule has 160 valence electrons. The SMILES string of the molecule is O=C(OCC(=O)N(C1CCCCC1)C1CCCCC1)c1cccc(-n2cnnn2)c1. The fourth-order valence-corrected chi connectivity index (χ4v) is 4.76. The Hall–Kier alpha value is -2.77. The number of benzene rings is 1. The number of nitrogens with zero attached hydrogens (tertiary/aromatic N) is 5. The van der Waals surface area contributed by atoms with Crippen LogP contribution in [0.4, 0.5) is 0 Å². The van der Waals surface area contributed by atoms with Crippen LogP contribution >= 0.6 is 0 Å². The molecule has 2 fully saturated rings. The summed E-state index contributed by atoms with van der Waals surface area (Å²) in [5, 5.41) is 11.0. The number of aromatic nitrogens is 4. The van der Waals surface area contributed by atoms with Crippen LogP contribution in [0.1, 0.15) is 74.6 Å². The molecule has 2 aliphatic carbocycles. The number of carbonyl (C=O) groups is 2. The van der Waals surface area contributed by atoms with Gasteiger partial charge in [-0.05, 0) is 54.3 Å². The van der Waals surface area contributed by atoms with Crippen molar-refractivity contribution in [3.63, 3.8) is 0 Å². The molecule has 1 amide bonds. The van der Waals surface area contributed by atoms with E-state index in [-0.39, 0.29) is 24.6 Å². The third-order valence-corrected chi connectivity index (χ3v) is 6.25. The Bertz CT molecular complexity index is 824. The zero-order valence-electron chi connectivity index (χ0n) is 17.3. The number of esters is 1. The van der Waals surface area contributed by atoms with E-state index in [9.17, 15) is 9.59 Å². The number of carbonyl (C=O) groups excluding carboxylic acids is 2. The van der Waals surface area contributed by atoms with Gasteiger partial charge in [0, 0.05) is 12.1 Å². The molecule has 8 nitrogen and oxygen atoms in total. The lowest BCUT2D eigenvalue weighted by atomic mass is 9.88. The van der Waals surface area contributed by atoms with Crippen LogP contribution in [0.3, 0.4) is 0 Å². The van der Waals surface area contributed by atoms with Gasteiger partial charge in [0.15, 0.2) is 6.61 Å². The highest BCUT2D eigenvalue weighted by atomic mass is 16.5. The Morgan fingerprint density at radius 2 is 1.67 bits per heavy atom. The minimum absolute atomic E-state index is 0.0567. The van der Waals surface area contributed by atoms with Gasteiger partial charge in [0.25, 0.3) is 5.91 Å². The minimum atomic E-state index is -0.509. The van der Waals surface area contributed by atoms with E-state index >= 15 is 0 Å². The summed E-state index contributed by atoms with van der Waals surface area (Å²) in [5.41, 5.74) is 1.03. The van der Waals surface area contributed by atoms with E-state index in [1.54, 1.807) is 24.3 Å². The molecule has 1 aromatic carbocycles. The molecule has 8 heteroatoms. The van der Waals surface area contributed by atoms with Crippen LogP contribution < -0.4 is 0 Å². The molecule has 1 aromatic heterocycles. The van der Waals surface area contributed by atoms with E-state index in [1.165, 1.54) is 49.5 Å². The zero-order valence-corrected chi connectivity index (χ0v) is 17.3. The Morgan fingerprint density at radius 1 is 1.00 bits per heavy atom. The first-order valence-corrected chi connectivity index (χ1v) is 11.0. The number of ether oxygens (including phenoxy) is 1. The Kier molecular flexibility index (Phi) is 6.71. The molecule has 0 bridgehead atoms. The van der Waals surface area contributed by atoms with Gasteiger partial charge in [-0.25, -0.2) is 9.48 Å². The summed E-state index contributed by atoms with van der Waals surface area (Å²) < 4.78 is 6.90. The smallest absolute Gasteiger partial charge is 0.338 e. The van der Waals surface area contributed by atoms with E-state index < -0.39 is 5.97 Å². The molecule has 0 atom stereocenters. The lowest BCUT2D eigenvalue weighted by Gasteiger charge is -2.41. The van der Waals surface area contributed by atoms with Crippen molar-refractivity contribution in [2.75, 3.05) is 6.61 Å². The summed E-state index contributed by atoms with van der Waals surface area (Å²) >= 11 is 0. The highest BCUT2D eigenvalue weighted by molar-refractivity contribution is 5.92. The Morgan fingerprint density at radius 3 is 2.27 bits per heavy atom. The van der Waals surface area contributed by atoms with Crippen LogP contribution in [0.15, 0.2) is 30.6 Å². The van der Waals surface area contributed by atoms with Gasteiger partial charge in [-0.15, -0.1) is 5.10 Å². The second-order valence-electron chi connectivity index (χ2n) is 8.27. The molecule has 2 aliphatic rings. The van der Waals surface area contributed by atoms with Crippen LogP contribution in [0.5, 0.6) is 0 Å². The molecule has 2 aromatic rings. The van der Waals surface area contributed by atoms with Crippen LogP contribution in [-0.2, 0) is 9.53 Å². The predicted molar refractivity (Wildman–Crippen MR) is 110 cm³/mol. The number of hydrogen-bond acceptors (Lipinski definition) is 6. The summed E-state index contributed by atoms with van der Waals surface area (Å²) in [5.74, 6) is -0.565. The quantitative estimate of drug-likeness (QED) is 0.678. The molecule has 4 rings (SSSR count). The van der Waals surface area contributed by atoms with E-state index in [4.69, 9.17) is 4.74 Å². The molecule has 0 N–H and O–H groups in total. The normalized spacial score (nSPS) is 18.1. The fourth-order valence-electron chi connectivity index (χ4n) is 4.76. The lowest BCUT2D eigenvalue weighted by molar-refractivity contribution is -0.141. The topological polar surface area (TPSA) is 90.2 Å². The van der Waals surface area contributed by atoms with E-state index in [0.29, 0.717) is 11.3 Å². The maximum Gasteiger partial charge on any atom is 0.338 e. The van der Waals surface area contributed by atoms with Gasteiger partial charge in [-0.1, -0.05) is 44.6 Å². The van der Waals surface area contributed by atoms with Gasteiger partial charge in [-0.2, -0.15) is 0 Å². The summed E-state index contributed by atoms with van der Waals surface area (Å²) in [6.45, 7) is -0.207.